The maximum atomic E-state index is 13.2. The van der Waals surface area contributed by atoms with Crippen LogP contribution in [0.1, 0.15) is 33.3 Å². The van der Waals surface area contributed by atoms with Crippen molar-refractivity contribution in [2.45, 2.75) is 34.6 Å². The molecule has 3 aromatic rings. The summed E-state index contributed by atoms with van der Waals surface area (Å²) in [6.45, 7) is 0.0770. The summed E-state index contributed by atoms with van der Waals surface area (Å²) in [4.78, 5) is 113. The highest BCUT2D eigenvalue weighted by Gasteiger charge is 2.26. The first-order chi connectivity index (χ1) is 34.7. The van der Waals surface area contributed by atoms with E-state index in [1.54, 1.807) is 31.2 Å². The largest absolute Gasteiger partial charge is 0.506 e. The number of halogens is 2. The van der Waals surface area contributed by atoms with Crippen LogP contribution in [0.3, 0.4) is 0 Å². The van der Waals surface area contributed by atoms with Gasteiger partial charge in [0.05, 0.1) is 21.4 Å². The van der Waals surface area contributed by atoms with Gasteiger partial charge in [0.25, 0.3) is 0 Å². The van der Waals surface area contributed by atoms with E-state index in [9.17, 15) is 48.3 Å². The van der Waals surface area contributed by atoms with Crippen molar-refractivity contribution in [1.29, 1.82) is 0 Å². The van der Waals surface area contributed by atoms with Crippen molar-refractivity contribution in [2.75, 3.05) is 76.4 Å². The molecule has 388 valence electrons. The van der Waals surface area contributed by atoms with Gasteiger partial charge in [-0.25, -0.2) is 0 Å². The van der Waals surface area contributed by atoms with E-state index in [0.717, 1.165) is 27.7 Å². The number of ether oxygens (including phenoxy) is 10. The van der Waals surface area contributed by atoms with E-state index >= 15 is 0 Å². The number of carbonyl (C=O) groups is 8. The minimum atomic E-state index is -0.978. The molecule has 0 radical (unpaired) electrons. The number of aryl methyl sites for hydroxylation is 1. The standard InChI is InChI=1S/C48H46Cl2N2O21/c1-26-6-8-36(51(18-44(59)69-22-65-27(2)53)19-45(60)70-23-66-28(3)54)42(12-26)63-10-11-64-43-13-31(48-32-14-34(49)38(57)16-40(32)73-41-17-39(58)35(50)15-33(41)48)7-9-37(43)52(20-46(61)71-24-67-29(4)55)21-47(62)72-25-68-30(5)56/h6-9,12-17,57H,10-11,18-25H2,1-5H3. The molecule has 0 unspecified atom stereocenters. The number of anilines is 2. The monoisotopic (exact) mass is 1060 g/mol. The van der Waals surface area contributed by atoms with Gasteiger partial charge in [-0.15, -0.1) is 0 Å². The molecular formula is C48H46Cl2N2O21. The van der Waals surface area contributed by atoms with E-state index in [1.165, 1.54) is 46.2 Å². The van der Waals surface area contributed by atoms with Gasteiger partial charge >= 0.3 is 47.8 Å². The van der Waals surface area contributed by atoms with Crippen molar-refractivity contribution >= 4 is 93.3 Å². The third-order valence-electron chi connectivity index (χ3n) is 9.69. The summed E-state index contributed by atoms with van der Waals surface area (Å²) in [5.74, 6) is -6.88. The summed E-state index contributed by atoms with van der Waals surface area (Å²) in [5.41, 5.74) is 1.51. The fourth-order valence-corrected chi connectivity index (χ4v) is 6.86. The highest BCUT2D eigenvalue weighted by atomic mass is 35.5. The van der Waals surface area contributed by atoms with Gasteiger partial charge in [0.1, 0.15) is 68.0 Å². The van der Waals surface area contributed by atoms with Crippen molar-refractivity contribution in [3.05, 3.63) is 86.5 Å². The lowest BCUT2D eigenvalue weighted by Crippen LogP contribution is -2.37. The zero-order chi connectivity index (χ0) is 53.4. The molecule has 23 nitrogen and oxygen atoms in total. The van der Waals surface area contributed by atoms with Gasteiger partial charge in [-0.3, -0.25) is 43.2 Å². The Labute approximate surface area is 424 Å². The summed E-state index contributed by atoms with van der Waals surface area (Å²) in [6, 6.07) is 14.6. The first kappa shape index (κ1) is 55.6. The molecule has 0 bridgehead atoms. The Kier molecular flexibility index (Phi) is 20.0. The van der Waals surface area contributed by atoms with Crippen LogP contribution in [0.15, 0.2) is 69.9 Å². The lowest BCUT2D eigenvalue weighted by Gasteiger charge is -2.27. The molecule has 1 heterocycles. The van der Waals surface area contributed by atoms with Crippen molar-refractivity contribution in [1.82, 2.24) is 0 Å². The molecule has 0 aromatic heterocycles. The van der Waals surface area contributed by atoms with Crippen LogP contribution in [0, 0.1) is 6.92 Å². The van der Waals surface area contributed by atoms with Gasteiger partial charge in [0.15, 0.2) is 0 Å². The normalized spacial score (nSPS) is 10.7. The van der Waals surface area contributed by atoms with E-state index in [1.807, 2.05) is 0 Å². The van der Waals surface area contributed by atoms with E-state index in [2.05, 4.69) is 0 Å². The third-order valence-corrected chi connectivity index (χ3v) is 10.3. The lowest BCUT2D eigenvalue weighted by atomic mass is 9.93. The van der Waals surface area contributed by atoms with Crippen LogP contribution in [0.25, 0.3) is 33.4 Å². The fraction of sp³-hybridized carbons (Fsp3) is 0.312. The van der Waals surface area contributed by atoms with E-state index in [4.69, 9.17) is 75.0 Å². The highest BCUT2D eigenvalue weighted by Crippen LogP contribution is 2.45. The number of phenolic OH excluding ortho intramolecular Hbond substituents is 1. The Balaban J connectivity index is 1.56. The molecule has 0 fully saturated rings. The molecule has 25 heteroatoms. The van der Waals surface area contributed by atoms with Crippen LogP contribution in [0.5, 0.6) is 17.2 Å². The Bertz CT molecular complexity index is 2850. The number of esters is 8. The molecule has 2 aliphatic rings. The van der Waals surface area contributed by atoms with E-state index in [0.29, 0.717) is 27.6 Å². The summed E-state index contributed by atoms with van der Waals surface area (Å²) < 4.78 is 57.6. The van der Waals surface area contributed by atoms with Gasteiger partial charge < -0.3 is 66.7 Å². The first-order valence-corrected chi connectivity index (χ1v) is 22.2. The SMILES string of the molecule is CC(=O)OCOC(=O)CN(CC(=O)OCOC(C)=O)c1ccc(C)cc1OCCOc1cc(-c2c3cc(Cl)c(=O)cc-3oc3cc(O)c(Cl)cc23)ccc1N(CC(=O)OCOC(C)=O)CC(=O)OCOC(C)=O. The summed E-state index contributed by atoms with van der Waals surface area (Å²) in [6.07, 6.45) is 0. The molecule has 0 spiro atoms. The number of aromatic hydroxyl groups is 1. The van der Waals surface area contributed by atoms with Gasteiger partial charge in [0.2, 0.25) is 32.6 Å². The number of rotatable bonds is 24. The zero-order valence-electron chi connectivity index (χ0n) is 39.6. The molecular weight excluding hydrogens is 1010 g/mol. The maximum Gasteiger partial charge on any atom is 0.328 e. The minimum Gasteiger partial charge on any atom is -0.506 e. The Morgan fingerprint density at radius 1 is 0.548 bits per heavy atom. The Morgan fingerprint density at radius 2 is 0.986 bits per heavy atom. The number of carbonyl (C=O) groups excluding carboxylic acids is 8. The zero-order valence-corrected chi connectivity index (χ0v) is 41.1. The summed E-state index contributed by atoms with van der Waals surface area (Å²) >= 11 is 12.8. The number of hydrogen-bond donors (Lipinski definition) is 1. The van der Waals surface area contributed by atoms with Gasteiger partial charge in [0, 0.05) is 56.3 Å². The van der Waals surface area contributed by atoms with Crippen LogP contribution in [0.4, 0.5) is 11.4 Å². The second-order valence-corrected chi connectivity index (χ2v) is 16.0. The Morgan fingerprint density at radius 3 is 1.44 bits per heavy atom. The molecule has 5 rings (SSSR count). The molecule has 1 aliphatic heterocycles. The summed E-state index contributed by atoms with van der Waals surface area (Å²) in [7, 11) is 0. The number of nitrogens with zero attached hydrogens (tertiary/aromatic N) is 2. The van der Waals surface area contributed by atoms with Crippen LogP contribution in [0.2, 0.25) is 10.0 Å². The van der Waals surface area contributed by atoms with Gasteiger partial charge in [-0.2, -0.15) is 0 Å². The fourth-order valence-electron chi connectivity index (χ4n) is 6.53. The molecule has 0 amide bonds. The molecule has 1 N–H and O–H groups in total. The van der Waals surface area contributed by atoms with Crippen LogP contribution < -0.4 is 24.7 Å². The van der Waals surface area contributed by atoms with Crippen LogP contribution >= 0.6 is 23.2 Å². The van der Waals surface area contributed by atoms with E-state index in [-0.39, 0.29) is 63.2 Å². The minimum absolute atomic E-state index is 0.0303. The van der Waals surface area contributed by atoms with Crippen molar-refractivity contribution in [3.63, 3.8) is 0 Å². The number of benzene rings is 4. The quantitative estimate of drug-likeness (QED) is 0.0273. The average molecular weight is 1060 g/mol. The van der Waals surface area contributed by atoms with Gasteiger partial charge in [-0.05, 0) is 54.4 Å². The molecule has 1 aliphatic carbocycles. The predicted octanol–water partition coefficient (Wildman–Crippen LogP) is 5.21. The Hall–Kier alpha value is -8.31. The topological polar surface area (TPSA) is 286 Å². The predicted molar refractivity (Wildman–Crippen MR) is 254 cm³/mol. The van der Waals surface area contributed by atoms with E-state index < -0.39 is 107 Å². The number of phenols is 1. The molecule has 0 saturated carbocycles. The van der Waals surface area contributed by atoms with Crippen LogP contribution in [-0.2, 0) is 76.3 Å². The maximum absolute atomic E-state index is 13.2. The lowest BCUT2D eigenvalue weighted by molar-refractivity contribution is -0.167. The molecule has 3 aromatic carbocycles. The highest BCUT2D eigenvalue weighted by molar-refractivity contribution is 6.33. The number of fused-ring (bicyclic) bond motifs is 2. The van der Waals surface area contributed by atoms with Crippen molar-refractivity contribution < 1.29 is 95.2 Å². The van der Waals surface area contributed by atoms with Crippen LogP contribution in [-0.4, -0.2) is 119 Å². The smallest absolute Gasteiger partial charge is 0.328 e. The second-order valence-electron chi connectivity index (χ2n) is 15.2. The van der Waals surface area contributed by atoms with Crippen molar-refractivity contribution in [3.8, 4) is 39.7 Å². The van der Waals surface area contributed by atoms with Crippen molar-refractivity contribution in [2.24, 2.45) is 0 Å². The second kappa shape index (κ2) is 26.2. The molecule has 0 atom stereocenters. The first-order valence-electron chi connectivity index (χ1n) is 21.4. The summed E-state index contributed by atoms with van der Waals surface area (Å²) in [5, 5.41) is 10.7. The molecule has 73 heavy (non-hydrogen) atoms. The average Bonchev–Trinajstić information content (AvgIpc) is 3.30. The number of hydrogen-bond acceptors (Lipinski definition) is 23. The third kappa shape index (κ3) is 16.6. The molecule has 0 saturated heterocycles. The van der Waals surface area contributed by atoms with Gasteiger partial charge in [-0.1, -0.05) is 35.3 Å².